The molecule has 0 spiro atoms. The lowest BCUT2D eigenvalue weighted by Crippen LogP contribution is -2.24. The first-order valence-corrected chi connectivity index (χ1v) is 7.24. The molecule has 0 fully saturated rings. The van der Waals surface area contributed by atoms with E-state index in [1.165, 1.54) is 6.21 Å². The fourth-order valence-corrected chi connectivity index (χ4v) is 2.04. The lowest BCUT2D eigenvalue weighted by atomic mass is 10.2. The molecule has 0 unspecified atom stereocenters. The third kappa shape index (κ3) is 5.29. The van der Waals surface area contributed by atoms with Gasteiger partial charge in [-0.1, -0.05) is 29.3 Å². The third-order valence-corrected chi connectivity index (χ3v) is 3.27. The summed E-state index contributed by atoms with van der Waals surface area (Å²) in [5.74, 6) is 0.0690. The van der Waals surface area contributed by atoms with Gasteiger partial charge in [0.1, 0.15) is 5.75 Å². The topological polar surface area (TPSA) is 74.5 Å². The Bertz CT molecular complexity index is 768. The molecule has 1 N–H and O–H groups in total. The van der Waals surface area contributed by atoms with E-state index < -0.39 is 5.91 Å². The van der Waals surface area contributed by atoms with Crippen molar-refractivity contribution in [1.29, 1.82) is 5.26 Å². The van der Waals surface area contributed by atoms with Gasteiger partial charge in [-0.3, -0.25) is 4.79 Å². The normalized spacial score (nSPS) is 10.3. The van der Waals surface area contributed by atoms with E-state index in [2.05, 4.69) is 10.5 Å². The highest BCUT2D eigenvalue weighted by Gasteiger charge is 2.02. The summed E-state index contributed by atoms with van der Waals surface area (Å²) in [6.45, 7) is -0.197. The summed E-state index contributed by atoms with van der Waals surface area (Å²) in [6.07, 6.45) is 1.41. The van der Waals surface area contributed by atoms with Gasteiger partial charge in [-0.05, 0) is 36.4 Å². The van der Waals surface area contributed by atoms with Crippen LogP contribution < -0.4 is 10.2 Å². The molecule has 0 heterocycles. The van der Waals surface area contributed by atoms with Crippen LogP contribution in [-0.4, -0.2) is 18.7 Å². The van der Waals surface area contributed by atoms with E-state index in [0.717, 1.165) is 0 Å². The third-order valence-electron chi connectivity index (χ3n) is 2.71. The van der Waals surface area contributed by atoms with Crippen molar-refractivity contribution in [2.24, 2.45) is 5.10 Å². The summed E-state index contributed by atoms with van der Waals surface area (Å²) in [6, 6.07) is 13.4. The molecule has 2 aromatic rings. The second kappa shape index (κ2) is 8.18. The molecule has 0 aromatic heterocycles. The molecule has 2 aromatic carbocycles. The van der Waals surface area contributed by atoms with E-state index in [1.54, 1.807) is 42.5 Å². The zero-order valence-corrected chi connectivity index (χ0v) is 13.3. The van der Waals surface area contributed by atoms with Crippen molar-refractivity contribution in [3.05, 3.63) is 63.6 Å². The van der Waals surface area contributed by atoms with Gasteiger partial charge in [0.25, 0.3) is 5.91 Å². The molecular formula is C16H11Cl2N3O2. The van der Waals surface area contributed by atoms with Crippen molar-refractivity contribution in [1.82, 2.24) is 5.43 Å². The number of nitrogens with zero attached hydrogens (tertiary/aromatic N) is 2. The van der Waals surface area contributed by atoms with Crippen molar-refractivity contribution < 1.29 is 9.53 Å². The maximum Gasteiger partial charge on any atom is 0.277 e. The molecule has 0 saturated heterocycles. The predicted octanol–water partition coefficient (Wildman–Crippen LogP) is 3.39. The number of hydrazone groups is 1. The minimum Gasteiger partial charge on any atom is -0.484 e. The Balaban J connectivity index is 1.82. The van der Waals surface area contributed by atoms with E-state index in [-0.39, 0.29) is 6.61 Å². The average molecular weight is 348 g/mol. The number of nitrogens with one attached hydrogen (secondary N) is 1. The number of benzene rings is 2. The van der Waals surface area contributed by atoms with Gasteiger partial charge in [0.05, 0.1) is 22.9 Å². The number of hydrogen-bond acceptors (Lipinski definition) is 4. The van der Waals surface area contributed by atoms with Crippen LogP contribution in [0, 0.1) is 11.3 Å². The zero-order chi connectivity index (χ0) is 16.7. The molecule has 0 aliphatic carbocycles. The molecule has 0 aliphatic heterocycles. The monoisotopic (exact) mass is 347 g/mol. The van der Waals surface area contributed by atoms with Crippen LogP contribution in [0.5, 0.6) is 5.75 Å². The van der Waals surface area contributed by atoms with Crippen LogP contribution in [0.25, 0.3) is 0 Å². The molecule has 23 heavy (non-hydrogen) atoms. The summed E-state index contributed by atoms with van der Waals surface area (Å²) in [7, 11) is 0. The maximum atomic E-state index is 11.6. The van der Waals surface area contributed by atoms with Crippen molar-refractivity contribution in [2.75, 3.05) is 6.61 Å². The number of amides is 1. The Morgan fingerprint density at radius 1 is 1.26 bits per heavy atom. The second-order valence-electron chi connectivity index (χ2n) is 4.38. The molecular weight excluding hydrogens is 337 g/mol. The first-order chi connectivity index (χ1) is 11.1. The smallest absolute Gasteiger partial charge is 0.277 e. The number of ether oxygens (including phenoxy) is 1. The molecule has 5 nitrogen and oxygen atoms in total. The molecule has 0 radical (unpaired) electrons. The number of nitriles is 1. The summed E-state index contributed by atoms with van der Waals surface area (Å²) in [4.78, 5) is 11.6. The van der Waals surface area contributed by atoms with Gasteiger partial charge >= 0.3 is 0 Å². The first-order valence-electron chi connectivity index (χ1n) is 6.48. The molecule has 0 atom stereocenters. The summed E-state index contributed by atoms with van der Waals surface area (Å²) in [5.41, 5.74) is 3.48. The van der Waals surface area contributed by atoms with Crippen LogP contribution >= 0.6 is 23.2 Å². The Morgan fingerprint density at radius 3 is 2.65 bits per heavy atom. The van der Waals surface area contributed by atoms with Gasteiger partial charge in [-0.15, -0.1) is 0 Å². The van der Waals surface area contributed by atoms with Gasteiger partial charge in [0.2, 0.25) is 0 Å². The van der Waals surface area contributed by atoms with Crippen LogP contribution in [0.4, 0.5) is 0 Å². The fraction of sp³-hybridized carbons (Fsp3) is 0.0625. The predicted molar refractivity (Wildman–Crippen MR) is 88.9 cm³/mol. The number of carbonyl (C=O) groups excluding carboxylic acids is 1. The minimum absolute atomic E-state index is 0.197. The lowest BCUT2D eigenvalue weighted by Gasteiger charge is -2.04. The molecule has 1 amide bonds. The van der Waals surface area contributed by atoms with Crippen molar-refractivity contribution in [3.63, 3.8) is 0 Å². The van der Waals surface area contributed by atoms with Gasteiger partial charge < -0.3 is 4.74 Å². The summed E-state index contributed by atoms with van der Waals surface area (Å²) < 4.78 is 5.27. The molecule has 7 heteroatoms. The minimum atomic E-state index is -0.421. The number of halogens is 2. The van der Waals surface area contributed by atoms with Crippen molar-refractivity contribution in [2.45, 2.75) is 0 Å². The van der Waals surface area contributed by atoms with Gasteiger partial charge in [-0.2, -0.15) is 10.4 Å². The van der Waals surface area contributed by atoms with Crippen LogP contribution in [0.1, 0.15) is 11.1 Å². The highest BCUT2D eigenvalue weighted by atomic mass is 35.5. The Kier molecular flexibility index (Phi) is 5.98. The molecule has 116 valence electrons. The van der Waals surface area contributed by atoms with Crippen molar-refractivity contribution >= 4 is 35.3 Å². The van der Waals surface area contributed by atoms with E-state index in [1.807, 2.05) is 6.07 Å². The summed E-state index contributed by atoms with van der Waals surface area (Å²) in [5, 5.41) is 13.4. The molecule has 2 rings (SSSR count). The number of carbonyl (C=O) groups is 1. The van der Waals surface area contributed by atoms with Gasteiger partial charge in [0.15, 0.2) is 6.61 Å². The standard InChI is InChI=1S/C16H11Cl2N3O2/c17-13-4-3-12(15(18)7-13)9-20-21-16(22)10-23-14-5-1-11(8-19)2-6-14/h1-7,9H,10H2,(H,21,22)/b20-9-. The van der Waals surface area contributed by atoms with E-state index in [0.29, 0.717) is 26.9 Å². The molecule has 0 saturated carbocycles. The second-order valence-corrected chi connectivity index (χ2v) is 5.23. The summed E-state index contributed by atoms with van der Waals surface area (Å²) >= 11 is 11.8. The van der Waals surface area contributed by atoms with E-state index in [9.17, 15) is 4.79 Å². The largest absolute Gasteiger partial charge is 0.484 e. The number of rotatable bonds is 5. The quantitative estimate of drug-likeness (QED) is 0.665. The van der Waals surface area contributed by atoms with E-state index in [4.69, 9.17) is 33.2 Å². The van der Waals surface area contributed by atoms with Crippen molar-refractivity contribution in [3.8, 4) is 11.8 Å². The Labute approximate surface area is 143 Å². The van der Waals surface area contributed by atoms with Crippen LogP contribution in [0.3, 0.4) is 0 Å². The van der Waals surface area contributed by atoms with Crippen LogP contribution in [0.2, 0.25) is 10.0 Å². The lowest BCUT2D eigenvalue weighted by molar-refractivity contribution is -0.123. The van der Waals surface area contributed by atoms with Crippen LogP contribution in [-0.2, 0) is 4.79 Å². The SMILES string of the molecule is N#Cc1ccc(OCC(=O)N/N=C\c2ccc(Cl)cc2Cl)cc1. The average Bonchev–Trinajstić information content (AvgIpc) is 2.55. The number of hydrogen-bond donors (Lipinski definition) is 1. The Morgan fingerprint density at radius 2 is 2.00 bits per heavy atom. The molecule has 0 bridgehead atoms. The van der Waals surface area contributed by atoms with Crippen LogP contribution in [0.15, 0.2) is 47.6 Å². The highest BCUT2D eigenvalue weighted by Crippen LogP contribution is 2.19. The Hall–Kier alpha value is -2.55. The van der Waals surface area contributed by atoms with E-state index >= 15 is 0 Å². The molecule has 0 aliphatic rings. The fourth-order valence-electron chi connectivity index (χ4n) is 1.59. The van der Waals surface area contributed by atoms with Gasteiger partial charge in [0, 0.05) is 10.6 Å². The highest BCUT2D eigenvalue weighted by molar-refractivity contribution is 6.36. The first kappa shape index (κ1) is 16.8. The maximum absolute atomic E-state index is 11.6. The van der Waals surface area contributed by atoms with Gasteiger partial charge in [-0.25, -0.2) is 5.43 Å². The zero-order valence-electron chi connectivity index (χ0n) is 11.8.